The van der Waals surface area contributed by atoms with Crippen LogP contribution in [0.5, 0.6) is 0 Å². The van der Waals surface area contributed by atoms with Gasteiger partial charge in [-0.05, 0) is 29.8 Å². The molecule has 1 aromatic carbocycles. The Morgan fingerprint density at radius 2 is 2.09 bits per heavy atom. The number of hydrogen-bond acceptors (Lipinski definition) is 3. The van der Waals surface area contributed by atoms with E-state index in [-0.39, 0.29) is 5.82 Å². The number of aromatic amines is 1. The van der Waals surface area contributed by atoms with Crippen LogP contribution in [-0.4, -0.2) is 20.7 Å². The molecule has 0 spiro atoms. The molecule has 108 valence electrons. The maximum Gasteiger partial charge on any atom is 0.170 e. The number of aromatic nitrogens is 3. The molecule has 0 radical (unpaired) electrons. The molecule has 0 fully saturated rings. The molecule has 0 atom stereocenters. The van der Waals surface area contributed by atoms with E-state index in [0.29, 0.717) is 22.6 Å². The number of benzene rings is 1. The van der Waals surface area contributed by atoms with Crippen LogP contribution in [0.25, 0.3) is 27.7 Å². The van der Waals surface area contributed by atoms with Crippen molar-refractivity contribution in [1.29, 1.82) is 0 Å². The summed E-state index contributed by atoms with van der Waals surface area (Å²) in [5.41, 5.74) is 9.48. The van der Waals surface area contributed by atoms with Crippen LogP contribution in [0, 0.1) is 0 Å². The summed E-state index contributed by atoms with van der Waals surface area (Å²) < 4.78 is 1.68. The molecular formula is C16H11ClN4O. The number of pyridine rings is 1. The van der Waals surface area contributed by atoms with Gasteiger partial charge in [-0.1, -0.05) is 17.7 Å². The van der Waals surface area contributed by atoms with Crippen molar-refractivity contribution in [2.45, 2.75) is 0 Å². The lowest BCUT2D eigenvalue weighted by atomic mass is 10.1. The van der Waals surface area contributed by atoms with E-state index in [9.17, 15) is 4.79 Å². The van der Waals surface area contributed by atoms with Gasteiger partial charge in [0.25, 0.3) is 0 Å². The number of nitrogens with zero attached hydrogens (tertiary/aromatic N) is 2. The van der Waals surface area contributed by atoms with Gasteiger partial charge in [-0.2, -0.15) is 0 Å². The second kappa shape index (κ2) is 4.61. The van der Waals surface area contributed by atoms with Crippen LogP contribution in [-0.2, 0) is 0 Å². The standard InChI is InChI=1S/C16H11ClN4O/c17-15-10(2-3-12-11(15)5-6-19-12)9-1-4-14-20-16(18)13(8-22)21(14)7-9/h1-8,19H,18H2. The van der Waals surface area contributed by atoms with E-state index in [2.05, 4.69) is 9.97 Å². The van der Waals surface area contributed by atoms with Crippen molar-refractivity contribution < 1.29 is 4.79 Å². The third kappa shape index (κ3) is 1.72. The molecule has 5 nitrogen and oxygen atoms in total. The smallest absolute Gasteiger partial charge is 0.170 e. The monoisotopic (exact) mass is 310 g/mol. The summed E-state index contributed by atoms with van der Waals surface area (Å²) in [7, 11) is 0. The van der Waals surface area contributed by atoms with Crippen LogP contribution >= 0.6 is 11.6 Å². The molecule has 3 heterocycles. The van der Waals surface area contributed by atoms with E-state index in [1.165, 1.54) is 0 Å². The van der Waals surface area contributed by atoms with Gasteiger partial charge in [-0.3, -0.25) is 9.20 Å². The molecule has 0 saturated heterocycles. The van der Waals surface area contributed by atoms with Crippen molar-refractivity contribution in [3.63, 3.8) is 0 Å². The largest absolute Gasteiger partial charge is 0.382 e. The van der Waals surface area contributed by atoms with E-state index in [1.807, 2.05) is 42.7 Å². The normalized spacial score (nSPS) is 11.3. The number of nitrogens with one attached hydrogen (secondary N) is 1. The summed E-state index contributed by atoms with van der Waals surface area (Å²) in [6.07, 6.45) is 4.38. The van der Waals surface area contributed by atoms with Gasteiger partial charge in [0.1, 0.15) is 11.3 Å². The van der Waals surface area contributed by atoms with Crippen LogP contribution in [0.15, 0.2) is 42.7 Å². The second-order valence-corrected chi connectivity index (χ2v) is 5.39. The number of carbonyl (C=O) groups is 1. The predicted molar refractivity (Wildman–Crippen MR) is 87.3 cm³/mol. The number of fused-ring (bicyclic) bond motifs is 2. The molecule has 0 bridgehead atoms. The first-order valence-electron chi connectivity index (χ1n) is 6.68. The van der Waals surface area contributed by atoms with Gasteiger partial charge >= 0.3 is 0 Å². The van der Waals surface area contributed by atoms with Gasteiger partial charge in [0.15, 0.2) is 12.1 Å². The first kappa shape index (κ1) is 12.9. The maximum absolute atomic E-state index is 11.2. The summed E-state index contributed by atoms with van der Waals surface area (Å²) in [5, 5.41) is 1.62. The van der Waals surface area contributed by atoms with E-state index in [1.54, 1.807) is 4.40 Å². The molecule has 4 aromatic rings. The number of rotatable bonds is 2. The van der Waals surface area contributed by atoms with Crippen molar-refractivity contribution in [3.8, 4) is 11.1 Å². The van der Waals surface area contributed by atoms with E-state index >= 15 is 0 Å². The molecule has 0 aliphatic rings. The number of hydrogen-bond donors (Lipinski definition) is 2. The summed E-state index contributed by atoms with van der Waals surface area (Å²) in [4.78, 5) is 18.5. The van der Waals surface area contributed by atoms with Crippen molar-refractivity contribution in [3.05, 3.63) is 53.4 Å². The quantitative estimate of drug-likeness (QED) is 0.556. The Morgan fingerprint density at radius 1 is 1.23 bits per heavy atom. The summed E-state index contributed by atoms with van der Waals surface area (Å²) >= 11 is 6.51. The van der Waals surface area contributed by atoms with Gasteiger partial charge in [0, 0.05) is 28.9 Å². The molecule has 0 aliphatic heterocycles. The summed E-state index contributed by atoms with van der Waals surface area (Å²) in [6.45, 7) is 0. The molecular weight excluding hydrogens is 300 g/mol. The fraction of sp³-hybridized carbons (Fsp3) is 0. The van der Waals surface area contributed by atoms with Gasteiger partial charge in [-0.25, -0.2) is 4.98 Å². The maximum atomic E-state index is 11.2. The molecule has 4 rings (SSSR count). The van der Waals surface area contributed by atoms with E-state index in [4.69, 9.17) is 17.3 Å². The number of halogens is 1. The van der Waals surface area contributed by atoms with Crippen LogP contribution in [0.1, 0.15) is 10.5 Å². The van der Waals surface area contributed by atoms with Gasteiger partial charge in [0.05, 0.1) is 5.02 Å². The Kier molecular flexibility index (Phi) is 2.71. The van der Waals surface area contributed by atoms with Gasteiger partial charge < -0.3 is 10.7 Å². The summed E-state index contributed by atoms with van der Waals surface area (Å²) in [6, 6.07) is 9.59. The third-order valence-corrected chi connectivity index (χ3v) is 4.18. The average Bonchev–Trinajstić information content (AvgIpc) is 3.10. The van der Waals surface area contributed by atoms with E-state index < -0.39 is 0 Å². The number of nitrogen functional groups attached to an aromatic ring is 1. The van der Waals surface area contributed by atoms with Crippen molar-refractivity contribution in [1.82, 2.24) is 14.4 Å². The fourth-order valence-electron chi connectivity index (χ4n) is 2.68. The van der Waals surface area contributed by atoms with Crippen molar-refractivity contribution in [2.75, 3.05) is 5.73 Å². The highest BCUT2D eigenvalue weighted by molar-refractivity contribution is 6.38. The SMILES string of the molecule is Nc1nc2ccc(-c3ccc4[nH]ccc4c3Cl)cn2c1C=O. The lowest BCUT2D eigenvalue weighted by Crippen LogP contribution is -1.95. The molecule has 0 unspecified atom stereocenters. The van der Waals surface area contributed by atoms with Crippen molar-refractivity contribution >= 4 is 40.3 Å². The first-order valence-corrected chi connectivity index (χ1v) is 7.05. The molecule has 3 N–H and O–H groups in total. The topological polar surface area (TPSA) is 76.2 Å². The number of imidazole rings is 1. The zero-order valence-electron chi connectivity index (χ0n) is 11.4. The minimum Gasteiger partial charge on any atom is -0.382 e. The molecule has 0 aliphatic carbocycles. The zero-order chi connectivity index (χ0) is 15.3. The Balaban J connectivity index is 1.99. The van der Waals surface area contributed by atoms with Gasteiger partial charge in [0.2, 0.25) is 0 Å². The zero-order valence-corrected chi connectivity index (χ0v) is 12.1. The predicted octanol–water partition coefficient (Wildman–Crippen LogP) is 3.53. The van der Waals surface area contributed by atoms with Gasteiger partial charge in [-0.15, -0.1) is 0 Å². The summed E-state index contributed by atoms with van der Waals surface area (Å²) in [5.74, 6) is 0.222. The highest BCUT2D eigenvalue weighted by Gasteiger charge is 2.12. The Bertz CT molecular complexity index is 1030. The average molecular weight is 311 g/mol. The highest BCUT2D eigenvalue weighted by Crippen LogP contribution is 2.34. The third-order valence-electron chi connectivity index (χ3n) is 3.78. The number of carbonyl (C=O) groups excluding carboxylic acids is 1. The minimum absolute atomic E-state index is 0.222. The Morgan fingerprint density at radius 3 is 2.91 bits per heavy atom. The molecule has 0 saturated carbocycles. The lowest BCUT2D eigenvalue weighted by Gasteiger charge is -2.07. The fourth-order valence-corrected chi connectivity index (χ4v) is 3.01. The Hall–Kier alpha value is -2.79. The minimum atomic E-state index is 0.222. The molecule has 6 heteroatoms. The molecule has 22 heavy (non-hydrogen) atoms. The van der Waals surface area contributed by atoms with Crippen LogP contribution in [0.2, 0.25) is 5.02 Å². The molecule has 0 amide bonds. The highest BCUT2D eigenvalue weighted by atomic mass is 35.5. The number of H-pyrrole nitrogens is 1. The molecule has 3 aromatic heterocycles. The Labute approximate surface area is 130 Å². The van der Waals surface area contributed by atoms with E-state index in [0.717, 1.165) is 22.0 Å². The first-order chi connectivity index (χ1) is 10.7. The number of nitrogens with two attached hydrogens (primary N) is 1. The number of aldehydes is 1. The lowest BCUT2D eigenvalue weighted by molar-refractivity contribution is 0.111. The van der Waals surface area contributed by atoms with Crippen LogP contribution in [0.4, 0.5) is 5.82 Å². The van der Waals surface area contributed by atoms with Crippen LogP contribution in [0.3, 0.4) is 0 Å². The van der Waals surface area contributed by atoms with Crippen molar-refractivity contribution in [2.24, 2.45) is 0 Å². The second-order valence-electron chi connectivity index (χ2n) is 5.01. The van der Waals surface area contributed by atoms with Crippen LogP contribution < -0.4 is 5.73 Å². The number of anilines is 1.